The van der Waals surface area contributed by atoms with Gasteiger partial charge in [0.2, 0.25) is 11.7 Å². The van der Waals surface area contributed by atoms with Gasteiger partial charge in [0.15, 0.2) is 11.5 Å². The molecule has 2 atom stereocenters. The van der Waals surface area contributed by atoms with Crippen molar-refractivity contribution in [2.24, 2.45) is 17.6 Å². The van der Waals surface area contributed by atoms with Crippen LogP contribution < -0.4 is 25.3 Å². The summed E-state index contributed by atoms with van der Waals surface area (Å²) in [6, 6.07) is 15.8. The molecule has 4 N–H and O–H groups in total. The minimum Gasteiger partial charge on any atom is -0.493 e. The van der Waals surface area contributed by atoms with Crippen LogP contribution in [0.5, 0.6) is 17.2 Å². The van der Waals surface area contributed by atoms with Crippen molar-refractivity contribution in [2.75, 3.05) is 14.2 Å². The molecule has 2 aromatic heterocycles. The quantitative estimate of drug-likeness (QED) is 0.158. The van der Waals surface area contributed by atoms with E-state index in [2.05, 4.69) is 10.3 Å². The van der Waals surface area contributed by atoms with Crippen molar-refractivity contribution in [1.29, 1.82) is 0 Å². The Labute approximate surface area is 244 Å². The topological polar surface area (TPSA) is 129 Å². The predicted molar refractivity (Wildman–Crippen MR) is 161 cm³/mol. The second-order valence-electron chi connectivity index (χ2n) is 10.3. The van der Waals surface area contributed by atoms with E-state index >= 15 is 0 Å². The number of aromatic amines is 1. The number of rotatable bonds is 11. The van der Waals surface area contributed by atoms with Crippen molar-refractivity contribution in [3.63, 3.8) is 0 Å². The summed E-state index contributed by atoms with van der Waals surface area (Å²) in [5.74, 6) is -0.168. The van der Waals surface area contributed by atoms with Gasteiger partial charge in [-0.2, -0.15) is 0 Å². The molecule has 4 aromatic rings. The molecule has 0 radical (unpaired) electrons. The minimum atomic E-state index is -0.923. The molecule has 2 aromatic carbocycles. The van der Waals surface area contributed by atoms with Crippen molar-refractivity contribution >= 4 is 23.2 Å². The molecule has 2 heterocycles. The summed E-state index contributed by atoms with van der Waals surface area (Å²) in [4.78, 5) is 35.3. The number of hydrogen-bond acceptors (Lipinski definition) is 8. The summed E-state index contributed by atoms with van der Waals surface area (Å²) < 4.78 is 17.1. The molecule has 0 saturated heterocycles. The highest BCUT2D eigenvalue weighted by Gasteiger charge is 2.31. The number of ether oxygens (including phenoxy) is 3. The Hall–Kier alpha value is -4.15. The van der Waals surface area contributed by atoms with Crippen LogP contribution in [0.1, 0.15) is 27.7 Å². The van der Waals surface area contributed by atoms with Crippen LogP contribution in [-0.4, -0.2) is 48.1 Å². The van der Waals surface area contributed by atoms with E-state index in [0.29, 0.717) is 11.4 Å². The zero-order valence-corrected chi connectivity index (χ0v) is 24.9. The molecule has 0 aliphatic carbocycles. The van der Waals surface area contributed by atoms with E-state index < -0.39 is 24.0 Å². The van der Waals surface area contributed by atoms with Gasteiger partial charge in [-0.25, -0.2) is 9.78 Å². The van der Waals surface area contributed by atoms with Crippen LogP contribution in [0.25, 0.3) is 33.2 Å². The van der Waals surface area contributed by atoms with Gasteiger partial charge in [-0.3, -0.25) is 4.79 Å². The Bertz CT molecular complexity index is 1460. The fraction of sp³-hybridized carbons (Fsp3) is 0.323. The van der Waals surface area contributed by atoms with Gasteiger partial charge in [0.1, 0.15) is 17.6 Å². The predicted octanol–water partition coefficient (Wildman–Crippen LogP) is 5.52. The van der Waals surface area contributed by atoms with E-state index in [9.17, 15) is 9.59 Å². The highest BCUT2D eigenvalue weighted by atomic mass is 32.1. The molecule has 4 rings (SSSR count). The lowest BCUT2D eigenvalue weighted by atomic mass is 10.0. The third-order valence-electron chi connectivity index (χ3n) is 6.70. The average molecular weight is 577 g/mol. The van der Waals surface area contributed by atoms with Gasteiger partial charge in [-0.05, 0) is 35.4 Å². The molecule has 1 amide bonds. The molecule has 41 heavy (non-hydrogen) atoms. The van der Waals surface area contributed by atoms with Crippen LogP contribution in [-0.2, 0) is 9.59 Å². The number of hydrogen-bond donors (Lipinski definition) is 3. The van der Waals surface area contributed by atoms with E-state index in [-0.39, 0.29) is 29.1 Å². The summed E-state index contributed by atoms with van der Waals surface area (Å²) in [5, 5.41) is 4.74. The van der Waals surface area contributed by atoms with Gasteiger partial charge in [0, 0.05) is 11.1 Å². The van der Waals surface area contributed by atoms with Crippen LogP contribution in [0.15, 0.2) is 60.0 Å². The molecular formula is C31H36N4O5S. The molecule has 0 saturated carbocycles. The van der Waals surface area contributed by atoms with Gasteiger partial charge in [-0.15, -0.1) is 11.3 Å². The number of H-pyrrole nitrogens is 1. The largest absolute Gasteiger partial charge is 0.493 e. The number of nitrogens with zero attached hydrogens (tertiary/aromatic N) is 1. The molecular weight excluding hydrogens is 540 g/mol. The maximum Gasteiger partial charge on any atom is 0.334 e. The second kappa shape index (κ2) is 13.0. The van der Waals surface area contributed by atoms with Gasteiger partial charge < -0.3 is 30.2 Å². The number of esters is 1. The Balaban J connectivity index is 1.70. The van der Waals surface area contributed by atoms with Crippen LogP contribution in [0.3, 0.4) is 0 Å². The van der Waals surface area contributed by atoms with Crippen LogP contribution in [0.4, 0.5) is 0 Å². The lowest BCUT2D eigenvalue weighted by molar-refractivity contribution is -0.141. The lowest BCUT2D eigenvalue weighted by Gasteiger charge is -2.24. The Morgan fingerprint density at radius 2 is 1.59 bits per heavy atom. The van der Waals surface area contributed by atoms with E-state index in [1.165, 1.54) is 14.2 Å². The maximum atomic E-state index is 13.3. The standard InChI is InChI=1S/C31H36N4O5S/c1-17(2)24(32)30(36)35-25(18(3)4)31(37)40-28-21(38-5)15-20(16-22(28)39-6)29-33-26(19-11-8-7-9-12-19)27(34-29)23-13-10-14-41-23/h7-18,24-25H,32H2,1-6H3,(H,33,34)(H,35,36)/t24-,25?/m0/s1. The van der Waals surface area contributed by atoms with E-state index in [0.717, 1.165) is 21.8 Å². The Kier molecular flexibility index (Phi) is 9.46. The molecule has 0 aliphatic rings. The maximum absolute atomic E-state index is 13.3. The molecule has 0 bridgehead atoms. The number of nitrogens with two attached hydrogens (primary N) is 1. The van der Waals surface area contributed by atoms with Gasteiger partial charge in [0.25, 0.3) is 0 Å². The number of benzene rings is 2. The van der Waals surface area contributed by atoms with Crippen molar-refractivity contribution in [1.82, 2.24) is 15.3 Å². The van der Waals surface area contributed by atoms with E-state index in [1.54, 1.807) is 23.5 Å². The fourth-order valence-electron chi connectivity index (χ4n) is 4.25. The van der Waals surface area contributed by atoms with Gasteiger partial charge in [-0.1, -0.05) is 64.1 Å². The van der Waals surface area contributed by atoms with Crippen LogP contribution in [0.2, 0.25) is 0 Å². The van der Waals surface area contributed by atoms with Crippen LogP contribution in [0, 0.1) is 11.8 Å². The second-order valence-corrected chi connectivity index (χ2v) is 11.2. The number of nitrogens with one attached hydrogen (secondary N) is 2. The molecule has 216 valence electrons. The fourth-order valence-corrected chi connectivity index (χ4v) is 4.97. The summed E-state index contributed by atoms with van der Waals surface area (Å²) in [7, 11) is 2.96. The summed E-state index contributed by atoms with van der Waals surface area (Å²) in [5.41, 5.74) is 9.37. The van der Waals surface area contributed by atoms with E-state index in [4.69, 9.17) is 24.9 Å². The van der Waals surface area contributed by atoms with Crippen molar-refractivity contribution in [3.8, 4) is 50.5 Å². The summed E-state index contributed by atoms with van der Waals surface area (Å²) >= 11 is 1.60. The third kappa shape index (κ3) is 6.61. The molecule has 1 unspecified atom stereocenters. The first-order chi connectivity index (χ1) is 19.6. The molecule has 10 heteroatoms. The number of imidazole rings is 1. The van der Waals surface area contributed by atoms with Crippen LogP contribution >= 0.6 is 11.3 Å². The first-order valence-electron chi connectivity index (χ1n) is 13.4. The van der Waals surface area contributed by atoms with E-state index in [1.807, 2.05) is 75.5 Å². The number of thiophene rings is 1. The van der Waals surface area contributed by atoms with Crippen molar-refractivity contribution in [2.45, 2.75) is 39.8 Å². The number of carbonyl (C=O) groups excluding carboxylic acids is 2. The number of carbonyl (C=O) groups is 2. The Morgan fingerprint density at radius 1 is 0.927 bits per heavy atom. The van der Waals surface area contributed by atoms with Crippen molar-refractivity contribution < 1.29 is 23.8 Å². The zero-order valence-electron chi connectivity index (χ0n) is 24.1. The molecule has 0 spiro atoms. The molecule has 0 fully saturated rings. The van der Waals surface area contributed by atoms with Crippen molar-refractivity contribution in [3.05, 3.63) is 60.0 Å². The molecule has 9 nitrogen and oxygen atoms in total. The minimum absolute atomic E-state index is 0.0871. The number of methoxy groups -OCH3 is 2. The summed E-state index contributed by atoms with van der Waals surface area (Å²) in [6.45, 7) is 7.32. The molecule has 0 aliphatic heterocycles. The smallest absolute Gasteiger partial charge is 0.334 e. The lowest BCUT2D eigenvalue weighted by Crippen LogP contribution is -2.53. The normalized spacial score (nSPS) is 12.7. The van der Waals surface area contributed by atoms with Gasteiger partial charge >= 0.3 is 5.97 Å². The highest BCUT2D eigenvalue weighted by molar-refractivity contribution is 7.13. The SMILES string of the molecule is COc1cc(-c2nc(-c3cccs3)c(-c3ccccc3)[nH]2)cc(OC)c1OC(=O)C(NC(=O)[C@@H](N)C(C)C)C(C)C. The average Bonchev–Trinajstić information content (AvgIpc) is 3.66. The number of aromatic nitrogens is 2. The first-order valence-corrected chi connectivity index (χ1v) is 14.3. The number of amides is 1. The Morgan fingerprint density at radius 3 is 2.12 bits per heavy atom. The zero-order chi connectivity index (χ0) is 29.7. The highest BCUT2D eigenvalue weighted by Crippen LogP contribution is 2.43. The third-order valence-corrected chi connectivity index (χ3v) is 7.57. The summed E-state index contributed by atoms with van der Waals surface area (Å²) in [6.07, 6.45) is 0. The monoisotopic (exact) mass is 576 g/mol. The van der Waals surface area contributed by atoms with Gasteiger partial charge in [0.05, 0.1) is 30.8 Å². The first kappa shape index (κ1) is 29.8.